The molecule has 6 heteroatoms. The van der Waals surface area contributed by atoms with Gasteiger partial charge >= 0.3 is 5.97 Å². The second-order valence-corrected chi connectivity index (χ2v) is 6.82. The minimum Gasteiger partial charge on any atom is -0.493 e. The zero-order valence-electron chi connectivity index (χ0n) is 15.7. The Morgan fingerprint density at radius 2 is 1.77 bits per heavy atom. The van der Waals surface area contributed by atoms with E-state index in [4.69, 9.17) is 14.6 Å². The SMILES string of the molecule is COc1ccc(C2(C(=O)NCCCCCC(=O)O)CCCC2)cc1OC. The highest BCUT2D eigenvalue weighted by Crippen LogP contribution is 2.43. The minimum atomic E-state index is -0.771. The van der Waals surface area contributed by atoms with Gasteiger partial charge < -0.3 is 19.9 Å². The average Bonchev–Trinajstić information content (AvgIpc) is 3.14. The average molecular weight is 363 g/mol. The van der Waals surface area contributed by atoms with Crippen LogP contribution in [0.15, 0.2) is 18.2 Å². The predicted octanol–water partition coefficient (Wildman–Crippen LogP) is 3.28. The van der Waals surface area contributed by atoms with Gasteiger partial charge in [0.1, 0.15) is 0 Å². The molecule has 0 unspecified atom stereocenters. The predicted molar refractivity (Wildman–Crippen MR) is 98.8 cm³/mol. The van der Waals surface area contributed by atoms with Crippen LogP contribution < -0.4 is 14.8 Å². The molecule has 6 nitrogen and oxygen atoms in total. The summed E-state index contributed by atoms with van der Waals surface area (Å²) in [6, 6.07) is 5.73. The summed E-state index contributed by atoms with van der Waals surface area (Å²) >= 11 is 0. The molecule has 0 radical (unpaired) electrons. The Labute approximate surface area is 154 Å². The van der Waals surface area contributed by atoms with E-state index in [1.807, 2.05) is 18.2 Å². The van der Waals surface area contributed by atoms with Gasteiger partial charge in [0.25, 0.3) is 0 Å². The first-order valence-corrected chi connectivity index (χ1v) is 9.26. The number of carboxylic acids is 1. The van der Waals surface area contributed by atoms with Crippen LogP contribution >= 0.6 is 0 Å². The van der Waals surface area contributed by atoms with Gasteiger partial charge in [0.05, 0.1) is 19.6 Å². The van der Waals surface area contributed by atoms with Crippen LogP contribution in [-0.4, -0.2) is 37.7 Å². The number of rotatable bonds is 10. The lowest BCUT2D eigenvalue weighted by atomic mass is 9.77. The molecule has 144 valence electrons. The molecule has 26 heavy (non-hydrogen) atoms. The van der Waals surface area contributed by atoms with Gasteiger partial charge in [-0.3, -0.25) is 9.59 Å². The lowest BCUT2D eigenvalue weighted by Crippen LogP contribution is -2.43. The topological polar surface area (TPSA) is 84.9 Å². The van der Waals surface area contributed by atoms with E-state index < -0.39 is 11.4 Å². The van der Waals surface area contributed by atoms with E-state index in [-0.39, 0.29) is 12.3 Å². The van der Waals surface area contributed by atoms with Gasteiger partial charge in [0.2, 0.25) is 5.91 Å². The lowest BCUT2D eigenvalue weighted by Gasteiger charge is -2.29. The van der Waals surface area contributed by atoms with Crippen molar-refractivity contribution in [3.8, 4) is 11.5 Å². The Hall–Kier alpha value is -2.24. The van der Waals surface area contributed by atoms with Crippen LogP contribution in [0.5, 0.6) is 11.5 Å². The highest BCUT2D eigenvalue weighted by Gasteiger charge is 2.42. The maximum Gasteiger partial charge on any atom is 0.303 e. The van der Waals surface area contributed by atoms with Gasteiger partial charge in [0.15, 0.2) is 11.5 Å². The fourth-order valence-electron chi connectivity index (χ4n) is 3.71. The monoisotopic (exact) mass is 363 g/mol. The molecule has 1 fully saturated rings. The Kier molecular flexibility index (Phi) is 7.30. The quantitative estimate of drug-likeness (QED) is 0.623. The number of carboxylic acid groups (broad SMARTS) is 1. The molecule has 0 bridgehead atoms. The number of methoxy groups -OCH3 is 2. The minimum absolute atomic E-state index is 0.0560. The Morgan fingerprint density at radius 1 is 1.08 bits per heavy atom. The standard InChI is InChI=1S/C20H29NO5/c1-25-16-10-9-15(14-17(16)26-2)20(11-5-6-12-20)19(24)21-13-7-3-4-8-18(22)23/h9-10,14H,3-8,11-13H2,1-2H3,(H,21,24)(H,22,23). The van der Waals surface area contributed by atoms with Crippen LogP contribution in [-0.2, 0) is 15.0 Å². The van der Waals surface area contributed by atoms with Crippen molar-refractivity contribution in [3.63, 3.8) is 0 Å². The van der Waals surface area contributed by atoms with E-state index in [0.29, 0.717) is 24.5 Å². The molecule has 1 amide bonds. The van der Waals surface area contributed by atoms with Crippen LogP contribution in [0.4, 0.5) is 0 Å². The first-order valence-electron chi connectivity index (χ1n) is 9.26. The number of carbonyl (C=O) groups excluding carboxylic acids is 1. The number of amides is 1. The molecular formula is C20H29NO5. The molecule has 0 heterocycles. The lowest BCUT2D eigenvalue weighted by molar-refractivity contribution is -0.137. The first-order chi connectivity index (χ1) is 12.5. The van der Waals surface area contributed by atoms with E-state index in [0.717, 1.165) is 44.1 Å². The van der Waals surface area contributed by atoms with Gasteiger partial charge in [-0.05, 0) is 43.4 Å². The van der Waals surface area contributed by atoms with Gasteiger partial charge in [-0.25, -0.2) is 0 Å². The summed E-state index contributed by atoms with van der Waals surface area (Å²) in [5.74, 6) is 0.578. The summed E-state index contributed by atoms with van der Waals surface area (Å²) in [5, 5.41) is 11.7. The van der Waals surface area contributed by atoms with Crippen molar-refractivity contribution in [3.05, 3.63) is 23.8 Å². The number of nitrogens with one attached hydrogen (secondary N) is 1. The van der Waals surface area contributed by atoms with Crippen molar-refractivity contribution in [2.24, 2.45) is 0 Å². The van der Waals surface area contributed by atoms with E-state index >= 15 is 0 Å². The summed E-state index contributed by atoms with van der Waals surface area (Å²) in [6.07, 6.45) is 6.13. The van der Waals surface area contributed by atoms with Crippen molar-refractivity contribution in [1.82, 2.24) is 5.32 Å². The van der Waals surface area contributed by atoms with Gasteiger partial charge in [0, 0.05) is 13.0 Å². The number of benzene rings is 1. The maximum atomic E-state index is 13.0. The van der Waals surface area contributed by atoms with Gasteiger partial charge in [-0.1, -0.05) is 25.3 Å². The van der Waals surface area contributed by atoms with Gasteiger partial charge in [-0.15, -0.1) is 0 Å². The molecule has 0 spiro atoms. The Bertz CT molecular complexity index is 623. The Balaban J connectivity index is 2.02. The molecule has 0 saturated heterocycles. The molecule has 2 N–H and O–H groups in total. The van der Waals surface area contributed by atoms with Crippen molar-refractivity contribution < 1.29 is 24.2 Å². The first kappa shape index (κ1) is 20.1. The fourth-order valence-corrected chi connectivity index (χ4v) is 3.71. The number of unbranched alkanes of at least 4 members (excludes halogenated alkanes) is 2. The smallest absolute Gasteiger partial charge is 0.303 e. The van der Waals surface area contributed by atoms with Crippen LogP contribution in [0.2, 0.25) is 0 Å². The van der Waals surface area contributed by atoms with E-state index in [9.17, 15) is 9.59 Å². The third kappa shape index (κ3) is 4.68. The summed E-state index contributed by atoms with van der Waals surface area (Å²) in [7, 11) is 3.19. The number of aliphatic carboxylic acids is 1. The molecule has 1 aliphatic rings. The number of hydrogen-bond donors (Lipinski definition) is 2. The largest absolute Gasteiger partial charge is 0.493 e. The van der Waals surface area contributed by atoms with Crippen molar-refractivity contribution in [2.75, 3.05) is 20.8 Å². The second kappa shape index (κ2) is 9.46. The molecule has 1 aromatic carbocycles. The molecule has 0 atom stereocenters. The number of carbonyl (C=O) groups is 2. The van der Waals surface area contributed by atoms with Crippen molar-refractivity contribution in [2.45, 2.75) is 56.8 Å². The van der Waals surface area contributed by atoms with Crippen LogP contribution in [0.1, 0.15) is 56.9 Å². The third-order valence-electron chi connectivity index (χ3n) is 5.18. The van der Waals surface area contributed by atoms with Crippen LogP contribution in [0.3, 0.4) is 0 Å². The molecule has 2 rings (SSSR count). The molecule has 0 aliphatic heterocycles. The molecule has 1 aromatic rings. The summed E-state index contributed by atoms with van der Waals surface area (Å²) in [6.45, 7) is 0.577. The second-order valence-electron chi connectivity index (χ2n) is 6.82. The highest BCUT2D eigenvalue weighted by molar-refractivity contribution is 5.88. The van der Waals surface area contributed by atoms with Crippen molar-refractivity contribution >= 4 is 11.9 Å². The summed E-state index contributed by atoms with van der Waals surface area (Å²) < 4.78 is 10.7. The zero-order chi connectivity index (χ0) is 19.0. The van der Waals surface area contributed by atoms with Gasteiger partial charge in [-0.2, -0.15) is 0 Å². The normalized spacial score (nSPS) is 15.5. The third-order valence-corrected chi connectivity index (χ3v) is 5.18. The molecular weight excluding hydrogens is 334 g/mol. The summed E-state index contributed by atoms with van der Waals surface area (Å²) in [5.41, 5.74) is 0.455. The highest BCUT2D eigenvalue weighted by atomic mass is 16.5. The number of hydrogen-bond acceptors (Lipinski definition) is 4. The molecule has 1 saturated carbocycles. The van der Waals surface area contributed by atoms with E-state index in [2.05, 4.69) is 5.32 Å². The summed E-state index contributed by atoms with van der Waals surface area (Å²) in [4.78, 5) is 23.5. The van der Waals surface area contributed by atoms with Crippen molar-refractivity contribution in [1.29, 1.82) is 0 Å². The number of ether oxygens (including phenoxy) is 2. The Morgan fingerprint density at radius 3 is 2.38 bits per heavy atom. The van der Waals surface area contributed by atoms with Crippen LogP contribution in [0, 0.1) is 0 Å². The zero-order valence-corrected chi connectivity index (χ0v) is 15.7. The molecule has 0 aromatic heterocycles. The fraction of sp³-hybridized carbons (Fsp3) is 0.600. The van der Waals surface area contributed by atoms with E-state index in [1.54, 1.807) is 14.2 Å². The van der Waals surface area contributed by atoms with Crippen LogP contribution in [0.25, 0.3) is 0 Å². The molecule has 1 aliphatic carbocycles. The maximum absolute atomic E-state index is 13.0. The van der Waals surface area contributed by atoms with E-state index in [1.165, 1.54) is 0 Å².